The molecule has 1 aliphatic heterocycles. The summed E-state index contributed by atoms with van der Waals surface area (Å²) in [7, 11) is 0. The number of hydrogen-bond donors (Lipinski definition) is 3. The number of anilines is 1. The second-order valence-electron chi connectivity index (χ2n) is 5.01. The third-order valence-corrected chi connectivity index (χ3v) is 4.96. The van der Waals surface area contributed by atoms with E-state index in [4.69, 9.17) is 0 Å². The van der Waals surface area contributed by atoms with Crippen LogP contribution in [0.15, 0.2) is 22.9 Å². The van der Waals surface area contributed by atoms with Gasteiger partial charge in [0.15, 0.2) is 5.13 Å². The van der Waals surface area contributed by atoms with Crippen LogP contribution in [0.3, 0.4) is 0 Å². The summed E-state index contributed by atoms with van der Waals surface area (Å²) in [6, 6.07) is 3.80. The summed E-state index contributed by atoms with van der Waals surface area (Å²) in [6.07, 6.45) is 1.20. The summed E-state index contributed by atoms with van der Waals surface area (Å²) in [5.41, 5.74) is 0.676. The number of amides is 2. The molecule has 10 heteroatoms. The van der Waals surface area contributed by atoms with Gasteiger partial charge in [0.25, 0.3) is 5.91 Å². The van der Waals surface area contributed by atoms with Gasteiger partial charge in [-0.1, -0.05) is 6.07 Å². The number of thiophene rings is 1. The molecule has 3 rings (SSSR count). The lowest BCUT2D eigenvalue weighted by Crippen LogP contribution is -2.37. The lowest BCUT2D eigenvalue weighted by atomic mass is 10.2. The maximum absolute atomic E-state index is 11.9. The zero-order chi connectivity index (χ0) is 15.4. The average molecular weight is 409 g/mol. The molecule has 1 atom stereocenters. The highest BCUT2D eigenvalue weighted by Gasteiger charge is 2.17. The van der Waals surface area contributed by atoms with Crippen LogP contribution in [0, 0.1) is 0 Å². The van der Waals surface area contributed by atoms with Crippen molar-refractivity contribution in [2.45, 2.75) is 18.9 Å². The van der Waals surface area contributed by atoms with Crippen molar-refractivity contribution in [1.29, 1.82) is 0 Å². The highest BCUT2D eigenvalue weighted by molar-refractivity contribution is 7.14. The molecule has 0 spiro atoms. The predicted molar refractivity (Wildman–Crippen MR) is 102 cm³/mol. The van der Waals surface area contributed by atoms with E-state index in [-0.39, 0.29) is 49.1 Å². The van der Waals surface area contributed by atoms with E-state index in [1.54, 1.807) is 11.4 Å². The molecule has 1 aliphatic rings. The van der Waals surface area contributed by atoms with Gasteiger partial charge in [-0.05, 0) is 24.4 Å². The Hall–Kier alpha value is -1.19. The monoisotopic (exact) mass is 408 g/mol. The van der Waals surface area contributed by atoms with E-state index in [0.717, 1.165) is 19.5 Å². The van der Waals surface area contributed by atoms with Gasteiger partial charge in [0.05, 0.1) is 17.0 Å². The molecule has 132 valence electrons. The molecule has 2 amide bonds. The van der Waals surface area contributed by atoms with Crippen LogP contribution in [0.2, 0.25) is 0 Å². The third-order valence-electron chi connectivity index (χ3n) is 3.28. The van der Waals surface area contributed by atoms with Crippen LogP contribution in [0.5, 0.6) is 0 Å². The summed E-state index contributed by atoms with van der Waals surface area (Å²) >= 11 is 2.71. The largest absolute Gasteiger partial charge is 0.352 e. The van der Waals surface area contributed by atoms with E-state index >= 15 is 0 Å². The van der Waals surface area contributed by atoms with Crippen molar-refractivity contribution in [3.05, 3.63) is 33.5 Å². The van der Waals surface area contributed by atoms with Crippen molar-refractivity contribution in [2.24, 2.45) is 0 Å². The zero-order valence-electron chi connectivity index (χ0n) is 12.6. The first kappa shape index (κ1) is 20.9. The van der Waals surface area contributed by atoms with Gasteiger partial charge in [-0.3, -0.25) is 14.9 Å². The molecular formula is C14H18Cl2N4O2S2. The van der Waals surface area contributed by atoms with Crippen molar-refractivity contribution < 1.29 is 9.59 Å². The zero-order valence-corrected chi connectivity index (χ0v) is 15.9. The molecule has 0 bridgehead atoms. The second-order valence-corrected chi connectivity index (χ2v) is 6.82. The van der Waals surface area contributed by atoms with Crippen LogP contribution in [0.4, 0.5) is 5.13 Å². The number of carbonyl (C=O) groups is 2. The van der Waals surface area contributed by atoms with Crippen molar-refractivity contribution in [3.8, 4) is 0 Å². The normalized spacial score (nSPS) is 15.9. The van der Waals surface area contributed by atoms with Gasteiger partial charge in [0, 0.05) is 18.0 Å². The molecule has 0 saturated carbocycles. The van der Waals surface area contributed by atoms with Crippen molar-refractivity contribution >= 4 is 64.4 Å². The van der Waals surface area contributed by atoms with Crippen LogP contribution in [-0.2, 0) is 11.2 Å². The predicted octanol–water partition coefficient (Wildman–Crippen LogP) is 2.32. The fraction of sp³-hybridized carbons (Fsp3) is 0.357. The average Bonchev–Trinajstić information content (AvgIpc) is 3.20. The summed E-state index contributed by atoms with van der Waals surface area (Å²) in [4.78, 5) is 28.8. The van der Waals surface area contributed by atoms with Gasteiger partial charge < -0.3 is 10.6 Å². The lowest BCUT2D eigenvalue weighted by molar-refractivity contribution is -0.121. The van der Waals surface area contributed by atoms with Gasteiger partial charge in [-0.2, -0.15) is 0 Å². The van der Waals surface area contributed by atoms with E-state index in [1.807, 2.05) is 11.4 Å². The van der Waals surface area contributed by atoms with Gasteiger partial charge in [0.2, 0.25) is 5.91 Å². The number of thiazole rings is 1. The van der Waals surface area contributed by atoms with Crippen molar-refractivity contribution in [1.82, 2.24) is 15.6 Å². The Balaban J connectivity index is 0.00000144. The fourth-order valence-corrected chi connectivity index (χ4v) is 3.56. The molecule has 1 unspecified atom stereocenters. The molecule has 2 aromatic rings. The molecule has 2 aromatic heterocycles. The van der Waals surface area contributed by atoms with Crippen LogP contribution in [0.1, 0.15) is 21.8 Å². The van der Waals surface area contributed by atoms with Gasteiger partial charge in [-0.15, -0.1) is 47.5 Å². The number of nitrogens with zero attached hydrogens (tertiary/aromatic N) is 1. The quantitative estimate of drug-likeness (QED) is 0.708. The molecule has 1 fully saturated rings. The molecule has 24 heavy (non-hydrogen) atoms. The number of halogens is 2. The van der Waals surface area contributed by atoms with Gasteiger partial charge >= 0.3 is 0 Å². The number of carbonyl (C=O) groups excluding carboxylic acids is 2. The Morgan fingerprint density at radius 2 is 2.17 bits per heavy atom. The highest BCUT2D eigenvalue weighted by Crippen LogP contribution is 2.18. The topological polar surface area (TPSA) is 83.1 Å². The van der Waals surface area contributed by atoms with E-state index < -0.39 is 0 Å². The van der Waals surface area contributed by atoms with Crippen LogP contribution >= 0.6 is 47.5 Å². The minimum Gasteiger partial charge on any atom is -0.352 e. The molecule has 1 saturated heterocycles. The van der Waals surface area contributed by atoms with Crippen LogP contribution < -0.4 is 16.0 Å². The Bertz CT molecular complexity index is 658. The van der Waals surface area contributed by atoms with Crippen molar-refractivity contribution in [2.75, 3.05) is 18.4 Å². The SMILES string of the molecule is Cl.Cl.O=C(Cc1csc(NC(=O)c2cccs2)n1)NC1CCNC1. The Kier molecular flexibility index (Phi) is 8.65. The Labute approximate surface area is 160 Å². The summed E-state index contributed by atoms with van der Waals surface area (Å²) in [5.74, 6) is -0.201. The van der Waals surface area contributed by atoms with Gasteiger partial charge in [-0.25, -0.2) is 4.98 Å². The smallest absolute Gasteiger partial charge is 0.267 e. The third kappa shape index (κ3) is 5.71. The van der Waals surface area contributed by atoms with E-state index in [1.165, 1.54) is 22.7 Å². The maximum Gasteiger partial charge on any atom is 0.267 e. The fourth-order valence-electron chi connectivity index (χ4n) is 2.23. The standard InChI is InChI=1S/C14H16N4O2S2.2ClH/c19-12(16-9-3-4-15-7-9)6-10-8-22-14(17-10)18-13(20)11-2-1-5-21-11;;/h1-2,5,8-9,15H,3-4,6-7H2,(H,16,19)(H,17,18,20);2*1H. The lowest BCUT2D eigenvalue weighted by Gasteiger charge is -2.10. The molecule has 0 aromatic carbocycles. The first-order chi connectivity index (χ1) is 10.7. The molecule has 0 aliphatic carbocycles. The summed E-state index contributed by atoms with van der Waals surface area (Å²) < 4.78 is 0. The van der Waals surface area contributed by atoms with Crippen LogP contribution in [-0.4, -0.2) is 35.9 Å². The Morgan fingerprint density at radius 3 is 2.83 bits per heavy atom. The van der Waals surface area contributed by atoms with Gasteiger partial charge in [0.1, 0.15) is 0 Å². The molecule has 3 N–H and O–H groups in total. The van der Waals surface area contributed by atoms with E-state index in [9.17, 15) is 9.59 Å². The number of nitrogens with one attached hydrogen (secondary N) is 3. The summed E-state index contributed by atoms with van der Waals surface area (Å²) in [6.45, 7) is 1.77. The molecular weight excluding hydrogens is 391 g/mol. The second kappa shape index (κ2) is 9.95. The van der Waals surface area contributed by atoms with E-state index in [2.05, 4.69) is 20.9 Å². The van der Waals surface area contributed by atoms with Crippen LogP contribution in [0.25, 0.3) is 0 Å². The van der Waals surface area contributed by atoms with Crippen molar-refractivity contribution in [3.63, 3.8) is 0 Å². The first-order valence-electron chi connectivity index (χ1n) is 7.00. The first-order valence-corrected chi connectivity index (χ1v) is 8.76. The Morgan fingerprint density at radius 1 is 1.33 bits per heavy atom. The molecule has 0 radical (unpaired) electrons. The molecule has 6 nitrogen and oxygen atoms in total. The minimum atomic E-state index is -0.169. The number of hydrogen-bond acceptors (Lipinski definition) is 6. The highest BCUT2D eigenvalue weighted by atomic mass is 35.5. The molecule has 3 heterocycles. The minimum absolute atomic E-state index is 0. The number of aromatic nitrogens is 1. The maximum atomic E-state index is 11.9. The van der Waals surface area contributed by atoms with E-state index in [0.29, 0.717) is 15.7 Å². The number of rotatable bonds is 5. The summed E-state index contributed by atoms with van der Waals surface area (Å²) in [5, 5.41) is 13.1.